The summed E-state index contributed by atoms with van der Waals surface area (Å²) in [5, 5.41) is 8.78. The highest BCUT2D eigenvalue weighted by atomic mass is 19.4. The molecule has 0 aromatic rings. The van der Waals surface area contributed by atoms with Crippen molar-refractivity contribution in [3.63, 3.8) is 0 Å². The van der Waals surface area contributed by atoms with Gasteiger partial charge in [-0.05, 0) is 19.3 Å². The molecular weight excluding hydrogens is 251 g/mol. The molecule has 1 aliphatic rings. The predicted octanol–water partition coefficient (Wildman–Crippen LogP) is 0.562. The Labute approximate surface area is 105 Å². The SMILES string of the molecule is COCC[N+]1(C)CCCCC1.O=C([O-])C(F)(F)F. The second-order valence-electron chi connectivity index (χ2n) is 4.63. The Morgan fingerprint density at radius 2 is 1.72 bits per heavy atom. The maximum Gasteiger partial charge on any atom is 0.430 e. The summed E-state index contributed by atoms with van der Waals surface area (Å²) in [7, 11) is 4.13. The van der Waals surface area contributed by atoms with Crippen LogP contribution in [0.2, 0.25) is 0 Å². The third-order valence-corrected chi connectivity index (χ3v) is 2.96. The third-order valence-electron chi connectivity index (χ3n) is 2.96. The standard InChI is InChI=1S/C9H20NO.C2HF3O2/c1-10(8-9-11-2)6-4-3-5-7-10;3-2(4,5)1(6)7/h3-9H2,1-2H3;(H,6,7)/q+1;/p-1. The number of ether oxygens (including phenoxy) is 1. The lowest BCUT2D eigenvalue weighted by atomic mass is 10.1. The summed E-state index contributed by atoms with van der Waals surface area (Å²) in [6, 6.07) is 0. The van der Waals surface area contributed by atoms with Crippen LogP contribution >= 0.6 is 0 Å². The zero-order valence-electron chi connectivity index (χ0n) is 10.8. The molecule has 1 aliphatic heterocycles. The maximum absolute atomic E-state index is 10.5. The van der Waals surface area contributed by atoms with Crippen LogP contribution in [0.15, 0.2) is 0 Å². The van der Waals surface area contributed by atoms with Gasteiger partial charge in [-0.25, -0.2) is 0 Å². The van der Waals surface area contributed by atoms with Crippen molar-refractivity contribution in [3.05, 3.63) is 0 Å². The largest absolute Gasteiger partial charge is 0.542 e. The minimum Gasteiger partial charge on any atom is -0.542 e. The van der Waals surface area contributed by atoms with E-state index in [4.69, 9.17) is 14.6 Å². The Morgan fingerprint density at radius 3 is 2.06 bits per heavy atom. The number of likely N-dealkylation sites (N-methyl/N-ethyl adjacent to an activating group) is 1. The van der Waals surface area contributed by atoms with E-state index >= 15 is 0 Å². The van der Waals surface area contributed by atoms with E-state index in [9.17, 15) is 13.2 Å². The Morgan fingerprint density at radius 1 is 1.28 bits per heavy atom. The number of hydrogen-bond donors (Lipinski definition) is 0. The molecule has 7 heteroatoms. The molecule has 1 rings (SSSR count). The predicted molar refractivity (Wildman–Crippen MR) is 57.6 cm³/mol. The Bertz CT molecular complexity index is 250. The van der Waals surface area contributed by atoms with Crippen molar-refractivity contribution in [2.45, 2.75) is 25.4 Å². The first-order chi connectivity index (χ1) is 8.21. The number of likely N-dealkylation sites (tertiary alicyclic amines) is 1. The molecule has 18 heavy (non-hydrogen) atoms. The number of methoxy groups -OCH3 is 1. The number of rotatable bonds is 3. The monoisotopic (exact) mass is 271 g/mol. The van der Waals surface area contributed by atoms with Gasteiger partial charge < -0.3 is 19.1 Å². The summed E-state index contributed by atoms with van der Waals surface area (Å²) < 4.78 is 37.9. The fourth-order valence-corrected chi connectivity index (χ4v) is 1.81. The highest BCUT2D eigenvalue weighted by Gasteiger charge is 2.28. The van der Waals surface area contributed by atoms with Gasteiger partial charge in [-0.2, -0.15) is 13.2 Å². The van der Waals surface area contributed by atoms with Gasteiger partial charge in [0.25, 0.3) is 0 Å². The molecule has 0 spiro atoms. The van der Waals surface area contributed by atoms with Crippen molar-refractivity contribution in [1.29, 1.82) is 0 Å². The highest BCUT2D eigenvalue weighted by molar-refractivity contribution is 5.70. The normalized spacial score (nSPS) is 18.7. The number of carbonyl (C=O) groups is 1. The molecular formula is C11H20F3NO3. The van der Waals surface area contributed by atoms with Gasteiger partial charge in [0.05, 0.1) is 26.7 Å². The molecule has 0 radical (unpaired) electrons. The van der Waals surface area contributed by atoms with Crippen LogP contribution in [0, 0.1) is 0 Å². The molecule has 0 saturated carbocycles. The van der Waals surface area contributed by atoms with Crippen LogP contribution < -0.4 is 5.11 Å². The van der Waals surface area contributed by atoms with Crippen molar-refractivity contribution in [1.82, 2.24) is 0 Å². The summed E-state index contributed by atoms with van der Waals surface area (Å²) in [6.45, 7) is 4.81. The Hall–Kier alpha value is -0.820. The summed E-state index contributed by atoms with van der Waals surface area (Å²) in [5.74, 6) is -3.01. The number of carbonyl (C=O) groups excluding carboxylic acids is 1. The first-order valence-corrected chi connectivity index (χ1v) is 5.82. The summed E-state index contributed by atoms with van der Waals surface area (Å²) in [4.78, 5) is 8.78. The van der Waals surface area contributed by atoms with E-state index in [0.717, 1.165) is 6.61 Å². The molecule has 4 nitrogen and oxygen atoms in total. The number of aliphatic carboxylic acids is 1. The second kappa shape index (κ2) is 7.58. The Kier molecular flexibility index (Phi) is 7.23. The molecule has 108 valence electrons. The first kappa shape index (κ1) is 17.2. The van der Waals surface area contributed by atoms with Crippen molar-refractivity contribution in [2.24, 2.45) is 0 Å². The molecule has 0 N–H and O–H groups in total. The van der Waals surface area contributed by atoms with Crippen molar-refractivity contribution >= 4 is 5.97 Å². The zero-order chi connectivity index (χ0) is 14.2. The molecule has 1 fully saturated rings. The molecule has 0 aromatic carbocycles. The minimum atomic E-state index is -5.19. The van der Waals surface area contributed by atoms with Crippen molar-refractivity contribution in [2.75, 3.05) is 40.4 Å². The number of hydrogen-bond acceptors (Lipinski definition) is 3. The average Bonchev–Trinajstić information content (AvgIpc) is 2.27. The van der Waals surface area contributed by atoms with Gasteiger partial charge in [-0.3, -0.25) is 0 Å². The number of carboxylic acids is 1. The van der Waals surface area contributed by atoms with E-state index in [2.05, 4.69) is 7.05 Å². The second-order valence-corrected chi connectivity index (χ2v) is 4.63. The van der Waals surface area contributed by atoms with Gasteiger partial charge in [-0.1, -0.05) is 0 Å². The van der Waals surface area contributed by atoms with E-state index in [1.54, 1.807) is 7.11 Å². The van der Waals surface area contributed by atoms with Crippen molar-refractivity contribution in [3.8, 4) is 0 Å². The number of quaternary nitrogens is 1. The van der Waals surface area contributed by atoms with Gasteiger partial charge in [0.15, 0.2) is 0 Å². The van der Waals surface area contributed by atoms with E-state index in [1.165, 1.54) is 43.4 Å². The van der Waals surface area contributed by atoms with Crippen LogP contribution in [0.4, 0.5) is 13.2 Å². The first-order valence-electron chi connectivity index (χ1n) is 5.82. The van der Waals surface area contributed by atoms with Gasteiger partial charge >= 0.3 is 6.18 Å². The number of nitrogens with zero attached hydrogens (tertiary/aromatic N) is 1. The third kappa shape index (κ3) is 7.50. The van der Waals surface area contributed by atoms with Gasteiger partial charge in [0, 0.05) is 7.11 Å². The number of halogens is 3. The number of piperidine rings is 1. The molecule has 0 aliphatic carbocycles. The van der Waals surface area contributed by atoms with Gasteiger partial charge in [-0.15, -0.1) is 0 Å². The lowest BCUT2D eigenvalue weighted by Crippen LogP contribution is -2.49. The Balaban J connectivity index is 0.000000360. The van der Waals surface area contributed by atoms with Gasteiger partial charge in [0.2, 0.25) is 0 Å². The van der Waals surface area contributed by atoms with Crippen LogP contribution in [0.1, 0.15) is 19.3 Å². The molecule has 0 unspecified atom stereocenters. The van der Waals surface area contributed by atoms with Crippen LogP contribution in [0.25, 0.3) is 0 Å². The quantitative estimate of drug-likeness (QED) is 0.705. The van der Waals surface area contributed by atoms with Crippen LogP contribution in [-0.2, 0) is 9.53 Å². The maximum atomic E-state index is 10.5. The number of carboxylic acid groups (broad SMARTS) is 1. The zero-order valence-corrected chi connectivity index (χ0v) is 10.8. The summed E-state index contributed by atoms with van der Waals surface area (Å²) in [6.07, 6.45) is -0.957. The van der Waals surface area contributed by atoms with Crippen molar-refractivity contribution < 1.29 is 32.3 Å². The summed E-state index contributed by atoms with van der Waals surface area (Å²) in [5.41, 5.74) is 0. The molecule has 0 amide bonds. The van der Waals surface area contributed by atoms with E-state index < -0.39 is 12.1 Å². The molecule has 0 aromatic heterocycles. The lowest BCUT2D eigenvalue weighted by Gasteiger charge is -2.37. The fourth-order valence-electron chi connectivity index (χ4n) is 1.81. The minimum absolute atomic E-state index is 0.913. The average molecular weight is 271 g/mol. The smallest absolute Gasteiger partial charge is 0.430 e. The molecule has 0 bridgehead atoms. The van der Waals surface area contributed by atoms with Crippen LogP contribution in [0.5, 0.6) is 0 Å². The van der Waals surface area contributed by atoms with E-state index in [0.29, 0.717) is 0 Å². The van der Waals surface area contributed by atoms with Crippen LogP contribution in [-0.4, -0.2) is 57.0 Å². The lowest BCUT2D eigenvalue weighted by molar-refractivity contribution is -0.914. The van der Waals surface area contributed by atoms with Crippen LogP contribution in [0.3, 0.4) is 0 Å². The molecule has 1 saturated heterocycles. The summed E-state index contributed by atoms with van der Waals surface area (Å²) >= 11 is 0. The molecule has 1 heterocycles. The highest BCUT2D eigenvalue weighted by Crippen LogP contribution is 2.15. The van der Waals surface area contributed by atoms with E-state index in [1.807, 2.05) is 0 Å². The van der Waals surface area contributed by atoms with Gasteiger partial charge in [0.1, 0.15) is 12.5 Å². The molecule has 0 atom stereocenters. The number of alkyl halides is 3. The fraction of sp³-hybridized carbons (Fsp3) is 0.909. The topological polar surface area (TPSA) is 49.4 Å². The van der Waals surface area contributed by atoms with E-state index in [-0.39, 0.29) is 0 Å².